The van der Waals surface area contributed by atoms with E-state index in [0.29, 0.717) is 41.4 Å². The first kappa shape index (κ1) is 17.9. The molecule has 1 N–H and O–H groups in total. The number of hydrogen-bond donors (Lipinski definition) is 1. The van der Waals surface area contributed by atoms with Crippen molar-refractivity contribution in [2.45, 2.75) is 13.0 Å². The Morgan fingerprint density at radius 2 is 1.77 bits per heavy atom. The fraction of sp³-hybridized carbons (Fsp3) is 0.250. The van der Waals surface area contributed by atoms with Crippen LogP contribution in [0, 0.1) is 5.82 Å². The molecule has 1 aromatic heterocycles. The second-order valence-corrected chi connectivity index (χ2v) is 5.77. The van der Waals surface area contributed by atoms with Crippen LogP contribution in [0.5, 0.6) is 11.5 Å². The molecule has 0 amide bonds. The van der Waals surface area contributed by atoms with E-state index in [1.165, 1.54) is 20.3 Å². The standard InChI is InChI=1S/C20H21FN2O3/c1-25-17-11-15(16(21)12-18(17)26-2)20-19(14-7-4-3-5-8-14)22-13-23(20)9-6-10-24/h3-5,7-8,11-13,24H,6,9-10H2,1-2H3. The van der Waals surface area contributed by atoms with E-state index in [2.05, 4.69) is 4.98 Å². The van der Waals surface area contributed by atoms with Crippen LogP contribution in [0.2, 0.25) is 0 Å². The summed E-state index contributed by atoms with van der Waals surface area (Å²) in [5.41, 5.74) is 2.58. The molecule has 2 aromatic carbocycles. The summed E-state index contributed by atoms with van der Waals surface area (Å²) in [6, 6.07) is 12.5. The van der Waals surface area contributed by atoms with Crippen LogP contribution in [0.15, 0.2) is 48.8 Å². The first-order valence-corrected chi connectivity index (χ1v) is 8.33. The van der Waals surface area contributed by atoms with Gasteiger partial charge >= 0.3 is 0 Å². The quantitative estimate of drug-likeness (QED) is 0.700. The van der Waals surface area contributed by atoms with E-state index in [0.717, 1.165) is 5.56 Å². The summed E-state index contributed by atoms with van der Waals surface area (Å²) in [5.74, 6) is 0.347. The van der Waals surface area contributed by atoms with Gasteiger partial charge in [0.1, 0.15) is 5.82 Å². The largest absolute Gasteiger partial charge is 0.493 e. The zero-order valence-corrected chi connectivity index (χ0v) is 14.8. The number of aromatic nitrogens is 2. The van der Waals surface area contributed by atoms with Gasteiger partial charge in [0.2, 0.25) is 0 Å². The molecule has 0 bridgehead atoms. The predicted octanol–water partition coefficient (Wildman–Crippen LogP) is 3.76. The summed E-state index contributed by atoms with van der Waals surface area (Å²) in [6.45, 7) is 0.576. The maximum atomic E-state index is 14.9. The summed E-state index contributed by atoms with van der Waals surface area (Å²) < 4.78 is 27.3. The second-order valence-electron chi connectivity index (χ2n) is 5.77. The fourth-order valence-corrected chi connectivity index (χ4v) is 2.92. The molecule has 0 aliphatic carbocycles. The average Bonchev–Trinajstić information content (AvgIpc) is 3.10. The maximum Gasteiger partial charge on any atom is 0.163 e. The van der Waals surface area contributed by atoms with Crippen LogP contribution < -0.4 is 9.47 Å². The van der Waals surface area contributed by atoms with Gasteiger partial charge in [-0.1, -0.05) is 30.3 Å². The average molecular weight is 356 g/mol. The normalized spacial score (nSPS) is 10.8. The molecular formula is C20H21FN2O3. The number of benzene rings is 2. The van der Waals surface area contributed by atoms with E-state index >= 15 is 0 Å². The fourth-order valence-electron chi connectivity index (χ4n) is 2.92. The van der Waals surface area contributed by atoms with Crippen LogP contribution >= 0.6 is 0 Å². The molecule has 0 saturated heterocycles. The Hall–Kier alpha value is -2.86. The number of halogens is 1. The number of imidazole rings is 1. The third-order valence-corrected chi connectivity index (χ3v) is 4.17. The van der Waals surface area contributed by atoms with Crippen molar-refractivity contribution in [3.63, 3.8) is 0 Å². The number of methoxy groups -OCH3 is 2. The summed E-state index contributed by atoms with van der Waals surface area (Å²) >= 11 is 0. The van der Waals surface area contributed by atoms with E-state index in [9.17, 15) is 9.50 Å². The Morgan fingerprint density at radius 1 is 1.08 bits per heavy atom. The van der Waals surface area contributed by atoms with Gasteiger partial charge in [0.15, 0.2) is 11.5 Å². The lowest BCUT2D eigenvalue weighted by atomic mass is 10.0. The zero-order valence-electron chi connectivity index (χ0n) is 14.8. The summed E-state index contributed by atoms with van der Waals surface area (Å²) in [5, 5.41) is 9.17. The summed E-state index contributed by atoms with van der Waals surface area (Å²) in [6.07, 6.45) is 2.22. The van der Waals surface area contributed by atoms with Crippen molar-refractivity contribution in [1.82, 2.24) is 9.55 Å². The molecule has 3 aromatic rings. The monoisotopic (exact) mass is 356 g/mol. The number of hydrogen-bond acceptors (Lipinski definition) is 4. The molecule has 0 saturated carbocycles. The summed E-state index contributed by atoms with van der Waals surface area (Å²) in [4.78, 5) is 4.50. The molecule has 0 aliphatic rings. The van der Waals surface area contributed by atoms with E-state index in [1.54, 1.807) is 12.4 Å². The highest BCUT2D eigenvalue weighted by molar-refractivity contribution is 5.80. The van der Waals surface area contributed by atoms with Crippen LogP contribution in [0.1, 0.15) is 6.42 Å². The number of aliphatic hydroxyl groups is 1. The van der Waals surface area contributed by atoms with Gasteiger partial charge < -0.3 is 19.1 Å². The third-order valence-electron chi connectivity index (χ3n) is 4.17. The number of aliphatic hydroxyl groups excluding tert-OH is 1. The SMILES string of the molecule is COc1cc(F)c(-c2c(-c3ccccc3)ncn2CCCO)cc1OC. The molecule has 0 aliphatic heterocycles. The minimum Gasteiger partial charge on any atom is -0.493 e. The molecule has 5 nitrogen and oxygen atoms in total. The third kappa shape index (κ3) is 3.41. The molecule has 0 atom stereocenters. The summed E-state index contributed by atoms with van der Waals surface area (Å²) in [7, 11) is 2.98. The number of ether oxygens (including phenoxy) is 2. The van der Waals surface area contributed by atoms with Crippen LogP contribution in [0.3, 0.4) is 0 Å². The first-order valence-electron chi connectivity index (χ1n) is 8.33. The van der Waals surface area contributed by atoms with Gasteiger partial charge in [0, 0.05) is 30.3 Å². The Bertz CT molecular complexity index is 878. The van der Waals surface area contributed by atoms with Crippen molar-refractivity contribution in [1.29, 1.82) is 0 Å². The van der Waals surface area contributed by atoms with E-state index < -0.39 is 5.82 Å². The van der Waals surface area contributed by atoms with Crippen molar-refractivity contribution >= 4 is 0 Å². The van der Waals surface area contributed by atoms with Crippen molar-refractivity contribution < 1.29 is 19.0 Å². The topological polar surface area (TPSA) is 56.5 Å². The zero-order chi connectivity index (χ0) is 18.5. The Labute approximate surface area is 151 Å². The highest BCUT2D eigenvalue weighted by Gasteiger charge is 2.20. The van der Waals surface area contributed by atoms with Crippen molar-refractivity contribution in [2.75, 3.05) is 20.8 Å². The highest BCUT2D eigenvalue weighted by atomic mass is 19.1. The van der Waals surface area contributed by atoms with Gasteiger partial charge in [-0.05, 0) is 12.5 Å². The van der Waals surface area contributed by atoms with Crippen molar-refractivity contribution in [3.8, 4) is 34.0 Å². The van der Waals surface area contributed by atoms with Gasteiger partial charge in [-0.3, -0.25) is 0 Å². The van der Waals surface area contributed by atoms with Crippen LogP contribution in [-0.4, -0.2) is 35.5 Å². The van der Waals surface area contributed by atoms with E-state index in [1.807, 2.05) is 34.9 Å². The Kier molecular flexibility index (Phi) is 5.53. The molecule has 0 unspecified atom stereocenters. The first-order chi connectivity index (χ1) is 12.7. The molecule has 3 rings (SSSR count). The lowest BCUT2D eigenvalue weighted by Gasteiger charge is -2.14. The second kappa shape index (κ2) is 8.01. The number of aryl methyl sites for hydroxylation is 1. The number of rotatable bonds is 7. The molecule has 0 spiro atoms. The van der Waals surface area contributed by atoms with Crippen LogP contribution in [-0.2, 0) is 6.54 Å². The maximum absolute atomic E-state index is 14.9. The Morgan fingerprint density at radius 3 is 2.42 bits per heavy atom. The van der Waals surface area contributed by atoms with Crippen molar-refractivity contribution in [2.24, 2.45) is 0 Å². The van der Waals surface area contributed by atoms with Gasteiger partial charge in [0.05, 0.1) is 31.9 Å². The van der Waals surface area contributed by atoms with Gasteiger partial charge in [0.25, 0.3) is 0 Å². The van der Waals surface area contributed by atoms with Crippen molar-refractivity contribution in [3.05, 3.63) is 54.6 Å². The minimum atomic E-state index is -0.425. The smallest absolute Gasteiger partial charge is 0.163 e. The van der Waals surface area contributed by atoms with E-state index in [4.69, 9.17) is 9.47 Å². The van der Waals surface area contributed by atoms with E-state index in [-0.39, 0.29) is 6.61 Å². The molecule has 1 heterocycles. The lowest BCUT2D eigenvalue weighted by Crippen LogP contribution is -2.03. The van der Waals surface area contributed by atoms with Gasteiger partial charge in [-0.15, -0.1) is 0 Å². The minimum absolute atomic E-state index is 0.0483. The Balaban J connectivity index is 2.21. The molecule has 0 fully saturated rings. The molecular weight excluding hydrogens is 335 g/mol. The molecule has 26 heavy (non-hydrogen) atoms. The predicted molar refractivity (Wildman–Crippen MR) is 97.9 cm³/mol. The van der Waals surface area contributed by atoms with Crippen LogP contribution in [0.4, 0.5) is 4.39 Å². The lowest BCUT2D eigenvalue weighted by molar-refractivity contribution is 0.280. The van der Waals surface area contributed by atoms with Gasteiger partial charge in [-0.2, -0.15) is 0 Å². The molecule has 0 radical (unpaired) electrons. The highest BCUT2D eigenvalue weighted by Crippen LogP contribution is 2.38. The van der Waals surface area contributed by atoms with Crippen LogP contribution in [0.25, 0.3) is 22.5 Å². The van der Waals surface area contributed by atoms with Gasteiger partial charge in [-0.25, -0.2) is 9.37 Å². The molecule has 6 heteroatoms. The molecule has 136 valence electrons. The number of nitrogens with zero attached hydrogens (tertiary/aromatic N) is 2.